The molecular weight excluding hydrogens is 663 g/mol. The molecule has 15 heteroatoms. The molecule has 0 atom stereocenters. The first kappa shape index (κ1) is 34.3. The first-order chi connectivity index (χ1) is 22.0. The van der Waals surface area contributed by atoms with Gasteiger partial charge in [-0.2, -0.15) is 13.2 Å². The Morgan fingerprint density at radius 1 is 0.830 bits per heavy atom. The number of halogens is 4. The summed E-state index contributed by atoms with van der Waals surface area (Å²) in [6, 6.07) is 27.6. The number of carbonyl (C=O) groups is 2. The van der Waals surface area contributed by atoms with E-state index in [-0.39, 0.29) is 27.0 Å². The number of carboxylic acid groups (broad SMARTS) is 2. The van der Waals surface area contributed by atoms with Crippen LogP contribution in [-0.2, 0) is 14.8 Å². The monoisotopic (exact) mass is 685 g/mol. The second-order valence-corrected chi connectivity index (χ2v) is 11.8. The Morgan fingerprint density at radius 3 is 2.13 bits per heavy atom. The van der Waals surface area contributed by atoms with Gasteiger partial charge in [-0.05, 0) is 77.0 Å². The van der Waals surface area contributed by atoms with Crippen molar-refractivity contribution in [2.24, 2.45) is 5.73 Å². The van der Waals surface area contributed by atoms with Gasteiger partial charge in [-0.3, -0.25) is 10.1 Å². The molecule has 5 aromatic rings. The van der Waals surface area contributed by atoms with Crippen LogP contribution in [0.3, 0.4) is 0 Å². The number of nitrogen functional groups attached to an aromatic ring is 1. The molecule has 0 heterocycles. The first-order valence-electron chi connectivity index (χ1n) is 13.2. The minimum absolute atomic E-state index is 0.0168. The number of sulfonamides is 1. The van der Waals surface area contributed by atoms with Crippen LogP contribution < -0.4 is 15.2 Å². The summed E-state index contributed by atoms with van der Waals surface area (Å²) in [6.45, 7) is 0. The van der Waals surface area contributed by atoms with Gasteiger partial charge in [0.15, 0.2) is 0 Å². The summed E-state index contributed by atoms with van der Waals surface area (Å²) in [5.74, 6) is -3.13. The molecule has 0 radical (unpaired) electrons. The van der Waals surface area contributed by atoms with Gasteiger partial charge in [-0.1, -0.05) is 54.1 Å². The molecule has 0 spiro atoms. The fourth-order valence-electron chi connectivity index (χ4n) is 4.23. The largest absolute Gasteiger partial charge is 0.490 e. The van der Waals surface area contributed by atoms with Gasteiger partial charge in [-0.15, -0.1) is 0 Å². The third-order valence-corrected chi connectivity index (χ3v) is 7.99. The van der Waals surface area contributed by atoms with Crippen molar-refractivity contribution in [1.29, 1.82) is 5.41 Å². The zero-order valence-electron chi connectivity index (χ0n) is 23.7. The van der Waals surface area contributed by atoms with Crippen molar-refractivity contribution in [3.8, 4) is 22.6 Å². The Bertz CT molecular complexity index is 2120. The lowest BCUT2D eigenvalue weighted by Gasteiger charge is -2.16. The number of hydrogen-bond acceptors (Lipinski definition) is 6. The minimum Gasteiger partial charge on any atom is -0.478 e. The molecule has 0 aliphatic carbocycles. The second-order valence-electron chi connectivity index (χ2n) is 9.67. The van der Waals surface area contributed by atoms with Crippen LogP contribution >= 0.6 is 11.6 Å². The average molecular weight is 686 g/mol. The van der Waals surface area contributed by atoms with Crippen molar-refractivity contribution in [1.82, 2.24) is 0 Å². The number of anilines is 1. The molecule has 10 nitrogen and oxygen atoms in total. The number of fused-ring (bicyclic) bond motifs is 1. The van der Waals surface area contributed by atoms with E-state index >= 15 is 0 Å². The summed E-state index contributed by atoms with van der Waals surface area (Å²) in [5, 5.41) is 26.6. The number of amidine groups is 1. The van der Waals surface area contributed by atoms with E-state index in [9.17, 15) is 31.5 Å². The summed E-state index contributed by atoms with van der Waals surface area (Å²) in [6.07, 6.45) is -5.08. The van der Waals surface area contributed by atoms with Crippen LogP contribution in [0.15, 0.2) is 108 Å². The van der Waals surface area contributed by atoms with Crippen LogP contribution in [0.25, 0.3) is 21.9 Å². The highest BCUT2D eigenvalue weighted by Gasteiger charge is 2.38. The number of nitrogens with one attached hydrogen (secondary N) is 2. The van der Waals surface area contributed by atoms with Crippen molar-refractivity contribution in [3.63, 3.8) is 0 Å². The van der Waals surface area contributed by atoms with Crippen molar-refractivity contribution in [2.75, 3.05) is 4.72 Å². The lowest BCUT2D eigenvalue weighted by atomic mass is 9.98. The van der Waals surface area contributed by atoms with Crippen molar-refractivity contribution in [3.05, 3.63) is 119 Å². The van der Waals surface area contributed by atoms with Crippen LogP contribution in [0.2, 0.25) is 5.02 Å². The molecule has 242 valence electrons. The van der Waals surface area contributed by atoms with E-state index in [2.05, 4.69) is 4.72 Å². The minimum atomic E-state index is -5.08. The maximum Gasteiger partial charge on any atom is 0.490 e. The molecule has 0 bridgehead atoms. The van der Waals surface area contributed by atoms with Crippen LogP contribution in [0.4, 0.5) is 18.9 Å². The molecular formula is C32H23ClF3N3O7S. The van der Waals surface area contributed by atoms with Crippen LogP contribution in [0.1, 0.15) is 15.9 Å². The van der Waals surface area contributed by atoms with Gasteiger partial charge in [0.1, 0.15) is 17.3 Å². The van der Waals surface area contributed by atoms with Crippen LogP contribution in [-0.4, -0.2) is 42.6 Å². The summed E-state index contributed by atoms with van der Waals surface area (Å²) in [4.78, 5) is 20.9. The Hall–Kier alpha value is -5.60. The molecule has 5 rings (SSSR count). The highest BCUT2D eigenvalue weighted by molar-refractivity contribution is 7.92. The lowest BCUT2D eigenvalue weighted by Crippen LogP contribution is -2.21. The third-order valence-electron chi connectivity index (χ3n) is 6.38. The van der Waals surface area contributed by atoms with Gasteiger partial charge in [0.05, 0.1) is 10.5 Å². The van der Waals surface area contributed by atoms with E-state index < -0.39 is 28.1 Å². The number of benzene rings is 5. The summed E-state index contributed by atoms with van der Waals surface area (Å²) in [7, 11) is -3.98. The fraction of sp³-hybridized carbons (Fsp3) is 0.0312. The number of hydrogen-bond donors (Lipinski definition) is 5. The molecule has 0 fully saturated rings. The quantitative estimate of drug-likeness (QED) is 0.0829. The van der Waals surface area contributed by atoms with E-state index in [1.807, 2.05) is 18.2 Å². The SMILES string of the molecule is N=C(N)c1ccc2cc(Oc3ccc(NS(=O)(=O)c4cccc(Cl)c4)cc3-c3ccccc3C(=O)O)ccc2c1.O=C(O)C(F)(F)F. The Morgan fingerprint density at radius 2 is 1.49 bits per heavy atom. The number of ether oxygens (including phenoxy) is 1. The standard InChI is InChI=1S/C30H22ClN3O5S.C2HF3O2/c31-21-4-3-5-24(16-21)40(37,38)34-22-11-13-28(27(17-22)25-6-1-2-7-26(25)30(35)36)39-23-12-10-18-14-20(29(32)33)9-8-19(18)15-23;3-2(4,5)1(6)7/h1-17,34H,(H3,32,33)(H,35,36);(H,6,7). The smallest absolute Gasteiger partial charge is 0.478 e. The van der Waals surface area contributed by atoms with Gasteiger partial charge in [0.25, 0.3) is 10.0 Å². The fourth-order valence-corrected chi connectivity index (χ4v) is 5.58. The number of aromatic carboxylic acids is 1. The molecule has 0 aromatic heterocycles. The second kappa shape index (κ2) is 13.8. The van der Waals surface area contributed by atoms with Gasteiger partial charge < -0.3 is 20.7 Å². The highest BCUT2D eigenvalue weighted by atomic mass is 35.5. The lowest BCUT2D eigenvalue weighted by molar-refractivity contribution is -0.192. The number of aliphatic carboxylic acids is 1. The molecule has 0 unspecified atom stereocenters. The maximum atomic E-state index is 13.0. The zero-order chi connectivity index (χ0) is 34.5. The van der Waals surface area contributed by atoms with Crippen molar-refractivity contribution < 1.29 is 46.1 Å². The first-order valence-corrected chi connectivity index (χ1v) is 15.0. The van der Waals surface area contributed by atoms with E-state index in [1.54, 1.807) is 48.5 Å². The van der Waals surface area contributed by atoms with Gasteiger partial charge in [0.2, 0.25) is 0 Å². The summed E-state index contributed by atoms with van der Waals surface area (Å²) in [5.41, 5.74) is 7.15. The van der Waals surface area contributed by atoms with Crippen LogP contribution in [0.5, 0.6) is 11.5 Å². The molecule has 47 heavy (non-hydrogen) atoms. The molecule has 0 saturated carbocycles. The third kappa shape index (κ3) is 8.56. The van der Waals surface area contributed by atoms with Gasteiger partial charge >= 0.3 is 18.1 Å². The van der Waals surface area contributed by atoms with Gasteiger partial charge in [0, 0.05) is 21.8 Å². The maximum absolute atomic E-state index is 13.0. The molecule has 0 aliphatic rings. The number of alkyl halides is 3. The average Bonchev–Trinajstić information content (AvgIpc) is 3.01. The zero-order valence-corrected chi connectivity index (χ0v) is 25.3. The summed E-state index contributed by atoms with van der Waals surface area (Å²) >= 11 is 5.98. The number of rotatable bonds is 8. The Labute approximate surface area is 270 Å². The number of nitrogens with two attached hydrogens (primary N) is 1. The van der Waals surface area contributed by atoms with E-state index in [0.717, 1.165) is 10.8 Å². The highest BCUT2D eigenvalue weighted by Crippen LogP contribution is 2.38. The molecule has 6 N–H and O–H groups in total. The van der Waals surface area contributed by atoms with E-state index in [4.69, 9.17) is 37.4 Å². The normalized spacial score (nSPS) is 11.2. The molecule has 5 aromatic carbocycles. The van der Waals surface area contributed by atoms with E-state index in [1.165, 1.54) is 36.4 Å². The predicted octanol–water partition coefficient (Wildman–Crippen LogP) is 7.37. The van der Waals surface area contributed by atoms with Gasteiger partial charge in [-0.25, -0.2) is 18.0 Å². The topological polar surface area (TPSA) is 180 Å². The number of carboxylic acids is 2. The van der Waals surface area contributed by atoms with Crippen LogP contribution in [0, 0.1) is 5.41 Å². The molecule has 0 aliphatic heterocycles. The Balaban J connectivity index is 0.000000644. The molecule has 0 saturated heterocycles. The van der Waals surface area contributed by atoms with Crippen molar-refractivity contribution >= 4 is 55.9 Å². The Kier molecular flexibility index (Phi) is 10.1. The summed E-state index contributed by atoms with van der Waals surface area (Å²) < 4.78 is 66.5. The molecule has 0 amide bonds. The van der Waals surface area contributed by atoms with E-state index in [0.29, 0.717) is 28.2 Å². The predicted molar refractivity (Wildman–Crippen MR) is 170 cm³/mol. The van der Waals surface area contributed by atoms with Crippen molar-refractivity contribution in [2.45, 2.75) is 11.1 Å².